The van der Waals surface area contributed by atoms with Crippen molar-refractivity contribution >= 4 is 28.3 Å². The molecule has 0 amide bonds. The van der Waals surface area contributed by atoms with Gasteiger partial charge in [0, 0.05) is 17.8 Å². The van der Waals surface area contributed by atoms with E-state index >= 15 is 0 Å². The molecule has 0 unspecified atom stereocenters. The molecule has 2 heterocycles. The van der Waals surface area contributed by atoms with Crippen LogP contribution in [0.15, 0.2) is 53.5 Å². The first-order chi connectivity index (χ1) is 14.0. The van der Waals surface area contributed by atoms with E-state index < -0.39 is 0 Å². The van der Waals surface area contributed by atoms with Gasteiger partial charge in [-0.15, -0.1) is 0 Å². The third kappa shape index (κ3) is 3.86. The Labute approximate surface area is 172 Å². The van der Waals surface area contributed by atoms with E-state index in [9.17, 15) is 10.1 Å². The Balaban J connectivity index is 1.66. The molecule has 7 heteroatoms. The highest BCUT2D eigenvalue weighted by atomic mass is 35.5. The standard InChI is InChI=1S/C22H18ClN5O/c1-13-9-15(12-24)11-18-20(13)28-21(27-18)19-17(6-8-26-22(19)29)25-7-5-14-3-2-4-16(23)10-14/h2-4,6,8-11H,5,7H2,1H3,(H,27,28)(H2,25,26,29). The van der Waals surface area contributed by atoms with E-state index in [2.05, 4.69) is 26.3 Å². The largest absolute Gasteiger partial charge is 0.384 e. The Morgan fingerprint density at radius 3 is 2.90 bits per heavy atom. The number of H-pyrrole nitrogens is 2. The third-order valence-corrected chi connectivity index (χ3v) is 4.96. The molecule has 0 atom stereocenters. The van der Waals surface area contributed by atoms with Crippen molar-refractivity contribution in [2.75, 3.05) is 11.9 Å². The van der Waals surface area contributed by atoms with Crippen LogP contribution < -0.4 is 10.9 Å². The number of halogens is 1. The first kappa shape index (κ1) is 18.8. The fourth-order valence-electron chi connectivity index (χ4n) is 3.37. The maximum atomic E-state index is 12.6. The Kier molecular flexibility index (Phi) is 5.07. The second-order valence-electron chi connectivity index (χ2n) is 6.79. The molecule has 0 radical (unpaired) electrons. The van der Waals surface area contributed by atoms with Crippen LogP contribution in [0.25, 0.3) is 22.4 Å². The molecule has 6 nitrogen and oxygen atoms in total. The summed E-state index contributed by atoms with van der Waals surface area (Å²) in [7, 11) is 0. The van der Waals surface area contributed by atoms with Gasteiger partial charge in [0.05, 0.1) is 28.4 Å². The van der Waals surface area contributed by atoms with Gasteiger partial charge in [0.15, 0.2) is 0 Å². The van der Waals surface area contributed by atoms with Crippen LogP contribution in [-0.2, 0) is 6.42 Å². The Hall–Kier alpha value is -3.56. The number of benzene rings is 2. The smallest absolute Gasteiger partial charge is 0.261 e. The minimum atomic E-state index is -0.241. The lowest BCUT2D eigenvalue weighted by molar-refractivity contribution is 1.02. The molecule has 0 aliphatic heterocycles. The van der Waals surface area contributed by atoms with E-state index in [1.807, 2.05) is 37.3 Å². The number of aromatic nitrogens is 3. The summed E-state index contributed by atoms with van der Waals surface area (Å²) in [6, 6.07) is 15.2. The van der Waals surface area contributed by atoms with Gasteiger partial charge < -0.3 is 15.3 Å². The fourth-order valence-corrected chi connectivity index (χ4v) is 3.58. The average Bonchev–Trinajstić information content (AvgIpc) is 3.12. The molecular weight excluding hydrogens is 386 g/mol. The number of rotatable bonds is 5. The van der Waals surface area contributed by atoms with Gasteiger partial charge in [-0.05, 0) is 54.8 Å². The van der Waals surface area contributed by atoms with Crippen molar-refractivity contribution in [1.82, 2.24) is 15.0 Å². The number of nitrogens with zero attached hydrogens (tertiary/aromatic N) is 2. The molecule has 144 valence electrons. The van der Waals surface area contributed by atoms with E-state index in [1.54, 1.807) is 18.3 Å². The molecular formula is C22H18ClN5O. The number of hydrogen-bond donors (Lipinski definition) is 3. The summed E-state index contributed by atoms with van der Waals surface area (Å²) in [5.74, 6) is 0.463. The summed E-state index contributed by atoms with van der Waals surface area (Å²) in [6.07, 6.45) is 2.37. The van der Waals surface area contributed by atoms with Gasteiger partial charge in [-0.2, -0.15) is 5.26 Å². The lowest BCUT2D eigenvalue weighted by atomic mass is 10.1. The van der Waals surface area contributed by atoms with Crippen molar-refractivity contribution in [1.29, 1.82) is 5.26 Å². The van der Waals surface area contributed by atoms with Crippen LogP contribution in [-0.4, -0.2) is 21.5 Å². The quantitative estimate of drug-likeness (QED) is 0.459. The van der Waals surface area contributed by atoms with Crippen LogP contribution in [0.3, 0.4) is 0 Å². The number of aryl methyl sites for hydroxylation is 1. The predicted octanol–water partition coefficient (Wildman–Crippen LogP) is 4.41. The van der Waals surface area contributed by atoms with Gasteiger partial charge >= 0.3 is 0 Å². The summed E-state index contributed by atoms with van der Waals surface area (Å²) in [5.41, 5.74) is 4.89. The van der Waals surface area contributed by atoms with Crippen molar-refractivity contribution in [3.63, 3.8) is 0 Å². The van der Waals surface area contributed by atoms with E-state index in [-0.39, 0.29) is 5.56 Å². The number of hydrogen-bond acceptors (Lipinski definition) is 4. The number of pyridine rings is 1. The molecule has 0 aliphatic carbocycles. The maximum absolute atomic E-state index is 12.6. The fraction of sp³-hybridized carbons (Fsp3) is 0.136. The first-order valence-electron chi connectivity index (χ1n) is 9.16. The van der Waals surface area contributed by atoms with E-state index in [0.717, 1.165) is 28.6 Å². The molecule has 0 saturated carbocycles. The minimum absolute atomic E-state index is 0.241. The van der Waals surface area contributed by atoms with E-state index in [0.29, 0.717) is 34.2 Å². The van der Waals surface area contributed by atoms with E-state index in [4.69, 9.17) is 11.6 Å². The Morgan fingerprint density at radius 1 is 1.24 bits per heavy atom. The predicted molar refractivity (Wildman–Crippen MR) is 115 cm³/mol. The highest BCUT2D eigenvalue weighted by Gasteiger charge is 2.15. The summed E-state index contributed by atoms with van der Waals surface area (Å²) in [6.45, 7) is 2.53. The molecule has 0 aliphatic rings. The van der Waals surface area contributed by atoms with Gasteiger partial charge in [-0.1, -0.05) is 23.7 Å². The second kappa shape index (κ2) is 7.82. The topological polar surface area (TPSA) is 97.4 Å². The molecule has 4 aromatic rings. The highest BCUT2D eigenvalue weighted by Crippen LogP contribution is 2.26. The molecule has 2 aromatic heterocycles. The first-order valence-corrected chi connectivity index (χ1v) is 9.54. The molecule has 4 rings (SSSR count). The van der Waals surface area contributed by atoms with Gasteiger partial charge in [-0.25, -0.2) is 4.98 Å². The molecule has 0 fully saturated rings. The summed E-state index contributed by atoms with van der Waals surface area (Å²) in [5, 5.41) is 13.2. The van der Waals surface area contributed by atoms with Crippen molar-refractivity contribution < 1.29 is 0 Å². The van der Waals surface area contributed by atoms with Crippen LogP contribution in [0.5, 0.6) is 0 Å². The summed E-state index contributed by atoms with van der Waals surface area (Å²) in [4.78, 5) is 23.1. The van der Waals surface area contributed by atoms with Gasteiger partial charge in [0.25, 0.3) is 5.56 Å². The van der Waals surface area contributed by atoms with Crippen LogP contribution in [0, 0.1) is 18.3 Å². The zero-order valence-corrected chi connectivity index (χ0v) is 16.5. The monoisotopic (exact) mass is 403 g/mol. The van der Waals surface area contributed by atoms with E-state index in [1.165, 1.54) is 0 Å². The summed E-state index contributed by atoms with van der Waals surface area (Å²) < 4.78 is 0. The second-order valence-corrected chi connectivity index (χ2v) is 7.23. The van der Waals surface area contributed by atoms with Gasteiger partial charge in [0.1, 0.15) is 11.4 Å². The zero-order chi connectivity index (χ0) is 20.4. The van der Waals surface area contributed by atoms with Crippen molar-refractivity contribution in [2.24, 2.45) is 0 Å². The average molecular weight is 404 g/mol. The van der Waals surface area contributed by atoms with Gasteiger partial charge in [-0.3, -0.25) is 4.79 Å². The Morgan fingerprint density at radius 2 is 2.10 bits per heavy atom. The van der Waals surface area contributed by atoms with Crippen LogP contribution >= 0.6 is 11.6 Å². The van der Waals surface area contributed by atoms with Gasteiger partial charge in [0.2, 0.25) is 0 Å². The summed E-state index contributed by atoms with van der Waals surface area (Å²) >= 11 is 6.04. The zero-order valence-electron chi connectivity index (χ0n) is 15.7. The van der Waals surface area contributed by atoms with Crippen molar-refractivity contribution in [2.45, 2.75) is 13.3 Å². The number of aromatic amines is 2. The number of imidazole rings is 1. The van der Waals surface area contributed by atoms with Crippen molar-refractivity contribution in [3.05, 3.63) is 80.7 Å². The van der Waals surface area contributed by atoms with Crippen LogP contribution in [0.4, 0.5) is 5.69 Å². The Bertz CT molecular complexity index is 1300. The van der Waals surface area contributed by atoms with Crippen molar-refractivity contribution in [3.8, 4) is 17.5 Å². The van der Waals surface area contributed by atoms with Crippen LogP contribution in [0.2, 0.25) is 5.02 Å². The minimum Gasteiger partial charge on any atom is -0.384 e. The lowest BCUT2D eigenvalue weighted by Gasteiger charge is -2.10. The van der Waals surface area contributed by atoms with Crippen LogP contribution in [0.1, 0.15) is 16.7 Å². The number of nitrogens with one attached hydrogen (secondary N) is 3. The highest BCUT2D eigenvalue weighted by molar-refractivity contribution is 6.30. The SMILES string of the molecule is Cc1cc(C#N)cc2[nH]c(-c3c(NCCc4cccc(Cl)c4)cc[nH]c3=O)nc12. The molecule has 0 saturated heterocycles. The molecule has 29 heavy (non-hydrogen) atoms. The number of nitriles is 1. The molecule has 2 aromatic carbocycles. The molecule has 0 spiro atoms. The number of fused-ring (bicyclic) bond motifs is 1. The third-order valence-electron chi connectivity index (χ3n) is 4.72. The normalized spacial score (nSPS) is 10.8. The number of anilines is 1. The molecule has 0 bridgehead atoms. The lowest BCUT2D eigenvalue weighted by Crippen LogP contribution is -2.14. The molecule has 3 N–H and O–H groups in total. The maximum Gasteiger partial charge on any atom is 0.261 e.